The highest BCUT2D eigenvalue weighted by Crippen LogP contribution is 2.22. The van der Waals surface area contributed by atoms with E-state index in [0.29, 0.717) is 11.3 Å². The predicted octanol–water partition coefficient (Wildman–Crippen LogP) is 3.71. The topological polar surface area (TPSA) is 59.1 Å². The van der Waals surface area contributed by atoms with Crippen LogP contribution in [0.25, 0.3) is 0 Å². The first-order chi connectivity index (χ1) is 10.5. The summed E-state index contributed by atoms with van der Waals surface area (Å²) in [5.74, 6) is -0.0878. The van der Waals surface area contributed by atoms with Gasteiger partial charge in [-0.3, -0.25) is 9.59 Å². The molecule has 0 aliphatic heterocycles. The van der Waals surface area contributed by atoms with Crippen LogP contribution in [0, 0.1) is 6.92 Å². The Hall–Kier alpha value is -2.14. The number of rotatable bonds is 5. The Bertz CT molecular complexity index is 666. The number of aromatic nitrogens is 1. The first kappa shape index (κ1) is 16.2. The number of carbonyl (C=O) groups is 2. The maximum Gasteiger partial charge on any atom is 0.237 e. The number of nitrogens with one attached hydrogen (secondary N) is 1. The van der Waals surface area contributed by atoms with Crippen LogP contribution in [0.5, 0.6) is 0 Å². The predicted molar refractivity (Wildman–Crippen MR) is 89.4 cm³/mol. The van der Waals surface area contributed by atoms with Crippen LogP contribution in [0.4, 0.5) is 5.69 Å². The van der Waals surface area contributed by atoms with Gasteiger partial charge < -0.3 is 5.32 Å². The average Bonchev–Trinajstić information content (AvgIpc) is 2.50. The third kappa shape index (κ3) is 4.43. The van der Waals surface area contributed by atoms with E-state index < -0.39 is 0 Å². The van der Waals surface area contributed by atoms with Gasteiger partial charge in [0.25, 0.3) is 0 Å². The van der Waals surface area contributed by atoms with Crippen molar-refractivity contribution in [1.82, 2.24) is 4.98 Å². The number of Topliss-reactive ketones (excluding diaryl/α,β-unsaturated/α-hetero) is 1. The van der Waals surface area contributed by atoms with Gasteiger partial charge in [-0.1, -0.05) is 17.8 Å². The van der Waals surface area contributed by atoms with Gasteiger partial charge in [-0.25, -0.2) is 4.98 Å². The van der Waals surface area contributed by atoms with Crippen molar-refractivity contribution in [2.75, 3.05) is 5.32 Å². The van der Waals surface area contributed by atoms with Crippen molar-refractivity contribution in [2.45, 2.75) is 31.0 Å². The van der Waals surface area contributed by atoms with Crippen LogP contribution in [0.2, 0.25) is 0 Å². The summed E-state index contributed by atoms with van der Waals surface area (Å²) in [5, 5.41) is 3.40. The SMILES string of the molecule is CC(=O)c1ccc(NC(=O)C(C)Sc2ccc(C)cn2)cc1. The fourth-order valence-corrected chi connectivity index (χ4v) is 2.58. The van der Waals surface area contributed by atoms with Gasteiger partial charge in [-0.2, -0.15) is 0 Å². The number of anilines is 1. The van der Waals surface area contributed by atoms with Crippen molar-refractivity contribution in [3.8, 4) is 0 Å². The van der Waals surface area contributed by atoms with E-state index in [1.54, 1.807) is 30.5 Å². The fourth-order valence-electron chi connectivity index (χ4n) is 1.79. The van der Waals surface area contributed by atoms with Crippen molar-refractivity contribution >= 4 is 29.1 Å². The molecule has 2 rings (SSSR count). The molecule has 0 saturated carbocycles. The Balaban J connectivity index is 1.95. The molecule has 0 saturated heterocycles. The van der Waals surface area contributed by atoms with Crippen molar-refractivity contribution in [3.63, 3.8) is 0 Å². The van der Waals surface area contributed by atoms with Crippen LogP contribution >= 0.6 is 11.8 Å². The summed E-state index contributed by atoms with van der Waals surface area (Å²) >= 11 is 1.41. The Morgan fingerprint density at radius 1 is 1.14 bits per heavy atom. The van der Waals surface area contributed by atoms with Crippen molar-refractivity contribution in [3.05, 3.63) is 53.7 Å². The molecule has 0 radical (unpaired) electrons. The molecule has 0 fully saturated rings. The number of amides is 1. The van der Waals surface area contributed by atoms with Gasteiger partial charge in [0, 0.05) is 17.4 Å². The molecule has 1 unspecified atom stereocenters. The van der Waals surface area contributed by atoms with Crippen LogP contribution in [-0.4, -0.2) is 21.9 Å². The van der Waals surface area contributed by atoms with E-state index >= 15 is 0 Å². The van der Waals surface area contributed by atoms with Crippen LogP contribution in [0.15, 0.2) is 47.6 Å². The zero-order chi connectivity index (χ0) is 16.1. The smallest absolute Gasteiger partial charge is 0.237 e. The summed E-state index contributed by atoms with van der Waals surface area (Å²) in [5.41, 5.74) is 2.40. The minimum Gasteiger partial charge on any atom is -0.325 e. The molecule has 1 aromatic heterocycles. The number of thioether (sulfide) groups is 1. The number of hydrogen-bond donors (Lipinski definition) is 1. The highest BCUT2D eigenvalue weighted by molar-refractivity contribution is 8.00. The van der Waals surface area contributed by atoms with Crippen molar-refractivity contribution < 1.29 is 9.59 Å². The zero-order valence-corrected chi connectivity index (χ0v) is 13.6. The number of pyridine rings is 1. The third-order valence-electron chi connectivity index (χ3n) is 3.11. The monoisotopic (exact) mass is 314 g/mol. The van der Waals surface area contributed by atoms with E-state index in [-0.39, 0.29) is 16.9 Å². The standard InChI is InChI=1S/C17H18N2O2S/c1-11-4-9-16(18-10-11)22-13(3)17(21)19-15-7-5-14(6-8-15)12(2)20/h4-10,13H,1-3H3,(H,19,21). The number of hydrogen-bond acceptors (Lipinski definition) is 4. The van der Waals surface area contributed by atoms with Crippen LogP contribution in [0.1, 0.15) is 29.8 Å². The minimum absolute atomic E-state index is 0.00671. The van der Waals surface area contributed by atoms with Gasteiger partial charge in [0.05, 0.1) is 10.3 Å². The lowest BCUT2D eigenvalue weighted by atomic mass is 10.1. The summed E-state index contributed by atoms with van der Waals surface area (Å²) in [6.45, 7) is 5.33. The van der Waals surface area contributed by atoms with Crippen molar-refractivity contribution in [1.29, 1.82) is 0 Å². The zero-order valence-electron chi connectivity index (χ0n) is 12.8. The Morgan fingerprint density at radius 2 is 1.82 bits per heavy atom. The molecule has 22 heavy (non-hydrogen) atoms. The average molecular weight is 314 g/mol. The molecule has 114 valence electrons. The molecule has 1 atom stereocenters. The number of carbonyl (C=O) groups excluding carboxylic acids is 2. The Morgan fingerprint density at radius 3 is 2.36 bits per heavy atom. The highest BCUT2D eigenvalue weighted by atomic mass is 32.2. The molecule has 1 amide bonds. The Labute approximate surface area is 134 Å². The maximum absolute atomic E-state index is 12.2. The summed E-state index contributed by atoms with van der Waals surface area (Å²) in [7, 11) is 0. The third-order valence-corrected chi connectivity index (χ3v) is 4.16. The normalized spacial score (nSPS) is 11.8. The number of nitrogens with zero attached hydrogens (tertiary/aromatic N) is 1. The number of benzene rings is 1. The number of aryl methyl sites for hydroxylation is 1. The largest absolute Gasteiger partial charge is 0.325 e. The van der Waals surface area contributed by atoms with Crippen molar-refractivity contribution in [2.24, 2.45) is 0 Å². The maximum atomic E-state index is 12.2. The molecule has 5 heteroatoms. The molecule has 1 heterocycles. The summed E-state index contributed by atoms with van der Waals surface area (Å²) in [6.07, 6.45) is 1.79. The summed E-state index contributed by atoms with van der Waals surface area (Å²) < 4.78 is 0. The van der Waals surface area contributed by atoms with E-state index in [1.165, 1.54) is 18.7 Å². The first-order valence-corrected chi connectivity index (χ1v) is 7.85. The highest BCUT2D eigenvalue weighted by Gasteiger charge is 2.15. The van der Waals surface area contributed by atoms with E-state index in [2.05, 4.69) is 10.3 Å². The fraction of sp³-hybridized carbons (Fsp3) is 0.235. The molecular formula is C17H18N2O2S. The van der Waals surface area contributed by atoms with E-state index in [1.807, 2.05) is 26.0 Å². The first-order valence-electron chi connectivity index (χ1n) is 6.97. The van der Waals surface area contributed by atoms with Gasteiger partial charge in [0.2, 0.25) is 5.91 Å². The lowest BCUT2D eigenvalue weighted by Crippen LogP contribution is -2.22. The molecule has 4 nitrogen and oxygen atoms in total. The quantitative estimate of drug-likeness (QED) is 0.675. The molecule has 2 aromatic rings. The summed E-state index contributed by atoms with van der Waals surface area (Å²) in [4.78, 5) is 27.7. The molecule has 0 aliphatic rings. The molecule has 0 spiro atoms. The second kappa shape index (κ2) is 7.22. The van der Waals surface area contributed by atoms with Crippen LogP contribution in [0.3, 0.4) is 0 Å². The van der Waals surface area contributed by atoms with E-state index in [9.17, 15) is 9.59 Å². The second-order valence-electron chi connectivity index (χ2n) is 5.06. The van der Waals surface area contributed by atoms with Crippen LogP contribution < -0.4 is 5.32 Å². The van der Waals surface area contributed by atoms with E-state index in [0.717, 1.165) is 10.6 Å². The van der Waals surface area contributed by atoms with Crippen LogP contribution in [-0.2, 0) is 4.79 Å². The van der Waals surface area contributed by atoms with Gasteiger partial charge >= 0.3 is 0 Å². The van der Waals surface area contributed by atoms with Gasteiger partial charge in [0.1, 0.15) is 0 Å². The van der Waals surface area contributed by atoms with Gasteiger partial charge in [-0.05, 0) is 56.7 Å². The summed E-state index contributed by atoms with van der Waals surface area (Å²) in [6, 6.07) is 10.8. The number of ketones is 1. The molecule has 1 aromatic carbocycles. The van der Waals surface area contributed by atoms with Gasteiger partial charge in [-0.15, -0.1) is 0 Å². The lowest BCUT2D eigenvalue weighted by Gasteiger charge is -2.12. The molecule has 0 bridgehead atoms. The minimum atomic E-state index is -0.261. The molecule has 1 N–H and O–H groups in total. The van der Waals surface area contributed by atoms with Gasteiger partial charge in [0.15, 0.2) is 5.78 Å². The molecule has 0 aliphatic carbocycles. The lowest BCUT2D eigenvalue weighted by molar-refractivity contribution is -0.115. The second-order valence-corrected chi connectivity index (χ2v) is 6.42. The molecular weight excluding hydrogens is 296 g/mol. The Kier molecular flexibility index (Phi) is 5.33. The van der Waals surface area contributed by atoms with E-state index in [4.69, 9.17) is 0 Å².